The van der Waals surface area contributed by atoms with Crippen LogP contribution in [0.3, 0.4) is 0 Å². The molecule has 6 nitrogen and oxygen atoms in total. The Morgan fingerprint density at radius 2 is 1.96 bits per heavy atom. The number of anilines is 1. The van der Waals surface area contributed by atoms with Crippen LogP contribution in [0.5, 0.6) is 5.75 Å². The molecule has 0 spiro atoms. The van der Waals surface area contributed by atoms with E-state index in [2.05, 4.69) is 5.32 Å². The topological polar surface area (TPSA) is 78.9 Å². The first-order chi connectivity index (χ1) is 11.6. The first kappa shape index (κ1) is 16.8. The summed E-state index contributed by atoms with van der Waals surface area (Å²) in [7, 11) is 0. The van der Waals surface area contributed by atoms with Gasteiger partial charge in [-0.05, 0) is 49.9 Å². The van der Waals surface area contributed by atoms with Gasteiger partial charge in [0.15, 0.2) is 0 Å². The highest BCUT2D eigenvalue weighted by atomic mass is 16.5. The number of hydrogen-bond donors (Lipinski definition) is 2. The molecule has 2 aliphatic rings. The summed E-state index contributed by atoms with van der Waals surface area (Å²) in [5.74, 6) is 0.537. The van der Waals surface area contributed by atoms with Crippen molar-refractivity contribution < 1.29 is 19.4 Å². The molecule has 0 bridgehead atoms. The Morgan fingerprint density at radius 1 is 1.21 bits per heavy atom. The molecule has 1 aromatic rings. The Kier molecular flexibility index (Phi) is 5.35. The Labute approximate surface area is 141 Å². The van der Waals surface area contributed by atoms with Crippen molar-refractivity contribution in [1.82, 2.24) is 4.90 Å². The fourth-order valence-corrected chi connectivity index (χ4v) is 3.25. The highest BCUT2D eigenvalue weighted by Crippen LogP contribution is 2.25. The van der Waals surface area contributed by atoms with E-state index >= 15 is 0 Å². The first-order valence-electron chi connectivity index (χ1n) is 8.64. The second-order valence-corrected chi connectivity index (χ2v) is 6.50. The molecular weight excluding hydrogens is 308 g/mol. The number of rotatable bonds is 5. The van der Waals surface area contributed by atoms with E-state index in [0.717, 1.165) is 32.1 Å². The zero-order chi connectivity index (χ0) is 16.9. The monoisotopic (exact) mass is 332 g/mol. The maximum atomic E-state index is 12.0. The van der Waals surface area contributed by atoms with E-state index in [4.69, 9.17) is 4.74 Å². The molecule has 2 N–H and O–H groups in total. The summed E-state index contributed by atoms with van der Waals surface area (Å²) in [6, 6.07) is 7.12. The summed E-state index contributed by atoms with van der Waals surface area (Å²) in [6.45, 7) is 0.758. The van der Waals surface area contributed by atoms with E-state index in [-0.39, 0.29) is 24.5 Å². The molecule has 1 aliphatic heterocycles. The quantitative estimate of drug-likeness (QED) is 0.863. The van der Waals surface area contributed by atoms with Gasteiger partial charge in [-0.3, -0.25) is 9.59 Å². The zero-order valence-electron chi connectivity index (χ0n) is 13.7. The van der Waals surface area contributed by atoms with Crippen LogP contribution in [0.25, 0.3) is 0 Å². The molecule has 6 heteroatoms. The van der Waals surface area contributed by atoms with Gasteiger partial charge in [0.1, 0.15) is 11.9 Å². The molecule has 1 aromatic carbocycles. The van der Waals surface area contributed by atoms with Gasteiger partial charge in [-0.15, -0.1) is 0 Å². The van der Waals surface area contributed by atoms with Gasteiger partial charge in [-0.1, -0.05) is 6.42 Å². The molecule has 2 fully saturated rings. The van der Waals surface area contributed by atoms with Crippen LogP contribution in [0.15, 0.2) is 24.3 Å². The lowest BCUT2D eigenvalue weighted by molar-refractivity contribution is -0.131. The fraction of sp³-hybridized carbons (Fsp3) is 0.556. The van der Waals surface area contributed by atoms with Crippen molar-refractivity contribution in [2.75, 3.05) is 18.4 Å². The Bertz CT molecular complexity index is 587. The van der Waals surface area contributed by atoms with Crippen molar-refractivity contribution in [2.45, 2.75) is 50.7 Å². The molecule has 1 saturated carbocycles. The lowest BCUT2D eigenvalue weighted by atomic mass is 9.95. The molecule has 0 unspecified atom stereocenters. The summed E-state index contributed by atoms with van der Waals surface area (Å²) in [6.07, 6.45) is 4.57. The van der Waals surface area contributed by atoms with E-state index < -0.39 is 6.10 Å². The zero-order valence-corrected chi connectivity index (χ0v) is 13.7. The predicted molar refractivity (Wildman–Crippen MR) is 89.8 cm³/mol. The average molecular weight is 332 g/mol. The minimum absolute atomic E-state index is 0.0416. The molecule has 3 rings (SSSR count). The fourth-order valence-electron chi connectivity index (χ4n) is 3.25. The average Bonchev–Trinajstić information content (AvgIpc) is 2.96. The number of hydrogen-bond acceptors (Lipinski definition) is 4. The first-order valence-corrected chi connectivity index (χ1v) is 8.64. The van der Waals surface area contributed by atoms with Crippen molar-refractivity contribution in [2.24, 2.45) is 0 Å². The molecule has 2 atom stereocenters. The van der Waals surface area contributed by atoms with Crippen molar-refractivity contribution in [3.63, 3.8) is 0 Å². The Balaban J connectivity index is 1.50. The second kappa shape index (κ2) is 7.66. The van der Waals surface area contributed by atoms with Gasteiger partial charge in [0.2, 0.25) is 11.8 Å². The van der Waals surface area contributed by atoms with Crippen LogP contribution in [-0.4, -0.2) is 47.1 Å². The van der Waals surface area contributed by atoms with Crippen molar-refractivity contribution in [3.05, 3.63) is 24.3 Å². The van der Waals surface area contributed by atoms with Crippen molar-refractivity contribution >= 4 is 17.5 Å². The van der Waals surface area contributed by atoms with E-state index in [0.29, 0.717) is 24.4 Å². The van der Waals surface area contributed by atoms with E-state index in [9.17, 15) is 14.7 Å². The van der Waals surface area contributed by atoms with Gasteiger partial charge >= 0.3 is 0 Å². The predicted octanol–water partition coefficient (Wildman–Crippen LogP) is 1.93. The van der Waals surface area contributed by atoms with Crippen LogP contribution in [0.4, 0.5) is 5.69 Å². The van der Waals surface area contributed by atoms with Crippen molar-refractivity contribution in [3.8, 4) is 5.75 Å². The maximum Gasteiger partial charge on any atom is 0.243 e. The van der Waals surface area contributed by atoms with E-state index in [1.165, 1.54) is 0 Å². The SMILES string of the molecule is O=C(CN1CCCC1=O)Nc1ccc(O[C@@H]2CCCC[C@@H]2O)cc1. The number of likely N-dealkylation sites (tertiary alicyclic amines) is 1. The summed E-state index contributed by atoms with van der Waals surface area (Å²) in [5.41, 5.74) is 0.670. The summed E-state index contributed by atoms with van der Waals surface area (Å²) in [4.78, 5) is 25.1. The third-order valence-electron chi connectivity index (χ3n) is 4.60. The van der Waals surface area contributed by atoms with Crippen LogP contribution in [0.1, 0.15) is 38.5 Å². The van der Waals surface area contributed by atoms with Crippen molar-refractivity contribution in [1.29, 1.82) is 0 Å². The normalized spacial score (nSPS) is 24.0. The third-order valence-corrected chi connectivity index (χ3v) is 4.60. The largest absolute Gasteiger partial charge is 0.488 e. The van der Waals surface area contributed by atoms with Crippen LogP contribution < -0.4 is 10.1 Å². The van der Waals surface area contributed by atoms with Gasteiger partial charge in [0.25, 0.3) is 0 Å². The Hall–Kier alpha value is -2.08. The van der Waals surface area contributed by atoms with Gasteiger partial charge in [-0.2, -0.15) is 0 Å². The van der Waals surface area contributed by atoms with Crippen LogP contribution in [-0.2, 0) is 9.59 Å². The number of aliphatic hydroxyl groups excluding tert-OH is 1. The molecular formula is C18H24N2O4. The Morgan fingerprint density at radius 3 is 2.62 bits per heavy atom. The van der Waals surface area contributed by atoms with Crippen LogP contribution in [0, 0.1) is 0 Å². The van der Waals surface area contributed by atoms with E-state index in [1.54, 1.807) is 29.2 Å². The van der Waals surface area contributed by atoms with Crippen LogP contribution in [0.2, 0.25) is 0 Å². The van der Waals surface area contributed by atoms with Crippen LogP contribution >= 0.6 is 0 Å². The molecule has 1 heterocycles. The highest BCUT2D eigenvalue weighted by molar-refractivity contribution is 5.94. The standard InChI is InChI=1S/C18H24N2O4/c21-15-4-1-2-5-16(15)24-14-9-7-13(8-10-14)19-17(22)12-20-11-3-6-18(20)23/h7-10,15-16,21H,1-6,11-12H2,(H,19,22)/t15-,16+/m0/s1. The van der Waals surface area contributed by atoms with Gasteiger partial charge in [0, 0.05) is 18.7 Å². The molecule has 0 aromatic heterocycles. The molecule has 1 aliphatic carbocycles. The minimum Gasteiger partial charge on any atom is -0.488 e. The number of ether oxygens (including phenoxy) is 1. The number of aliphatic hydroxyl groups is 1. The highest BCUT2D eigenvalue weighted by Gasteiger charge is 2.25. The second-order valence-electron chi connectivity index (χ2n) is 6.50. The number of benzene rings is 1. The summed E-state index contributed by atoms with van der Waals surface area (Å²) < 4.78 is 5.83. The third kappa shape index (κ3) is 4.26. The minimum atomic E-state index is -0.406. The lowest BCUT2D eigenvalue weighted by Gasteiger charge is -2.28. The molecule has 130 valence electrons. The number of carbonyl (C=O) groups excluding carboxylic acids is 2. The summed E-state index contributed by atoms with van der Waals surface area (Å²) >= 11 is 0. The summed E-state index contributed by atoms with van der Waals surface area (Å²) in [5, 5.41) is 12.7. The van der Waals surface area contributed by atoms with Gasteiger partial charge < -0.3 is 20.1 Å². The maximum absolute atomic E-state index is 12.0. The number of nitrogens with zero attached hydrogens (tertiary/aromatic N) is 1. The number of carbonyl (C=O) groups is 2. The molecule has 0 radical (unpaired) electrons. The van der Waals surface area contributed by atoms with E-state index in [1.807, 2.05) is 0 Å². The molecule has 2 amide bonds. The smallest absolute Gasteiger partial charge is 0.243 e. The number of nitrogens with one attached hydrogen (secondary N) is 1. The van der Waals surface area contributed by atoms with Gasteiger partial charge in [-0.25, -0.2) is 0 Å². The molecule has 24 heavy (non-hydrogen) atoms. The van der Waals surface area contributed by atoms with Gasteiger partial charge in [0.05, 0.1) is 12.6 Å². The molecule has 1 saturated heterocycles. The number of amides is 2. The lowest BCUT2D eigenvalue weighted by Crippen LogP contribution is -2.34.